The largest absolute Gasteiger partial charge is 0.301 e. The summed E-state index contributed by atoms with van der Waals surface area (Å²) in [6.45, 7) is 9.66. The van der Waals surface area contributed by atoms with E-state index in [1.807, 2.05) is 0 Å². The second-order valence-electron chi connectivity index (χ2n) is 4.73. The zero-order valence-electron chi connectivity index (χ0n) is 10.8. The van der Waals surface area contributed by atoms with E-state index in [1.54, 1.807) is 0 Å². The van der Waals surface area contributed by atoms with Gasteiger partial charge in [-0.3, -0.25) is 0 Å². The maximum Gasteiger partial charge on any atom is 0.0484 e. The number of nitrogens with zero attached hydrogens (tertiary/aromatic N) is 1. The zero-order valence-corrected chi connectivity index (χ0v) is 12.2. The monoisotopic (exact) mass is 225 g/mol. The van der Waals surface area contributed by atoms with Crippen LogP contribution in [-0.2, 0) is 0 Å². The first-order chi connectivity index (χ1) is 7.29. The van der Waals surface area contributed by atoms with E-state index in [2.05, 4.69) is 37.8 Å². The molecule has 0 aromatic carbocycles. The first kappa shape index (κ1) is 13.0. The van der Waals surface area contributed by atoms with Crippen LogP contribution in [0.5, 0.6) is 0 Å². The Morgan fingerprint density at radius 3 is 2.27 bits per heavy atom. The molecule has 1 aliphatic rings. The van der Waals surface area contributed by atoms with Gasteiger partial charge >= 0.3 is 0 Å². The van der Waals surface area contributed by atoms with Crippen LogP contribution in [0.4, 0.5) is 0 Å². The number of rotatable bonds is 6. The molecular formula is C13H27NSi. The molecule has 0 saturated carbocycles. The average molecular weight is 225 g/mol. The minimum absolute atomic E-state index is 0.0171. The van der Waals surface area contributed by atoms with Crippen LogP contribution >= 0.6 is 0 Å². The fraction of sp³-hybridized carbons (Fsp3) is 0.846. The molecule has 1 aliphatic heterocycles. The van der Waals surface area contributed by atoms with Crippen molar-refractivity contribution in [3.05, 3.63) is 12.2 Å². The summed E-state index contributed by atoms with van der Waals surface area (Å²) in [6.07, 6.45) is 10.2. The molecule has 0 radical (unpaired) electrons. The van der Waals surface area contributed by atoms with Crippen molar-refractivity contribution in [2.45, 2.75) is 57.7 Å². The molecule has 0 atom stereocenters. The molecule has 0 amide bonds. The number of hydrogen-bond donors (Lipinski definition) is 0. The van der Waals surface area contributed by atoms with Crippen molar-refractivity contribution in [3.63, 3.8) is 0 Å². The van der Waals surface area contributed by atoms with Crippen molar-refractivity contribution in [3.8, 4) is 0 Å². The Bertz CT molecular complexity index is 191. The highest BCUT2D eigenvalue weighted by Crippen LogP contribution is 2.28. The summed E-state index contributed by atoms with van der Waals surface area (Å²) in [5.74, 6) is 0. The molecule has 1 saturated heterocycles. The van der Waals surface area contributed by atoms with Gasteiger partial charge in [0.05, 0.1) is 0 Å². The molecule has 0 bridgehead atoms. The van der Waals surface area contributed by atoms with Crippen LogP contribution in [-0.4, -0.2) is 32.7 Å². The van der Waals surface area contributed by atoms with Gasteiger partial charge in [-0.15, -0.1) is 0 Å². The molecule has 0 N–H and O–H groups in total. The van der Waals surface area contributed by atoms with Crippen LogP contribution in [0, 0.1) is 0 Å². The summed E-state index contributed by atoms with van der Waals surface area (Å²) in [7, 11) is 0.0171. The topological polar surface area (TPSA) is 3.24 Å². The first-order valence-electron chi connectivity index (χ1n) is 6.65. The minimum atomic E-state index is 0.0171. The highest BCUT2D eigenvalue weighted by atomic mass is 28.2. The molecular weight excluding hydrogens is 198 g/mol. The van der Waals surface area contributed by atoms with Crippen molar-refractivity contribution < 1.29 is 0 Å². The van der Waals surface area contributed by atoms with Crippen LogP contribution in [0.15, 0.2) is 12.2 Å². The minimum Gasteiger partial charge on any atom is -0.301 e. The van der Waals surface area contributed by atoms with E-state index in [1.165, 1.54) is 44.8 Å². The van der Waals surface area contributed by atoms with Gasteiger partial charge in [0, 0.05) is 14.7 Å². The SMILES string of the molecule is C/C=C/C[SiH2]C(CC)(CC)N1CCCC1. The summed E-state index contributed by atoms with van der Waals surface area (Å²) in [5.41, 5.74) is 0. The number of hydrogen-bond acceptors (Lipinski definition) is 1. The van der Waals surface area contributed by atoms with Crippen LogP contribution in [0.2, 0.25) is 6.04 Å². The third-order valence-electron chi connectivity index (χ3n) is 4.11. The fourth-order valence-corrected chi connectivity index (χ4v) is 5.30. The lowest BCUT2D eigenvalue weighted by molar-refractivity contribution is 0.185. The quantitative estimate of drug-likeness (QED) is 0.496. The maximum absolute atomic E-state index is 2.81. The maximum atomic E-state index is 2.81. The molecule has 0 aromatic rings. The van der Waals surface area contributed by atoms with Gasteiger partial charge in [0.25, 0.3) is 0 Å². The molecule has 1 fully saturated rings. The third-order valence-corrected chi connectivity index (χ3v) is 7.11. The molecule has 1 nitrogen and oxygen atoms in total. The predicted octanol–water partition coefficient (Wildman–Crippen LogP) is 2.76. The van der Waals surface area contributed by atoms with Crippen LogP contribution in [0.25, 0.3) is 0 Å². The molecule has 0 unspecified atom stereocenters. The lowest BCUT2D eigenvalue weighted by Gasteiger charge is -2.41. The van der Waals surface area contributed by atoms with Crippen molar-refractivity contribution in [2.24, 2.45) is 0 Å². The van der Waals surface area contributed by atoms with Gasteiger partial charge in [0.2, 0.25) is 0 Å². The van der Waals surface area contributed by atoms with Crippen LogP contribution in [0.3, 0.4) is 0 Å². The van der Waals surface area contributed by atoms with E-state index >= 15 is 0 Å². The Labute approximate surface area is 97.8 Å². The third kappa shape index (κ3) is 3.18. The summed E-state index contributed by atoms with van der Waals surface area (Å²) < 4.78 is 0. The highest BCUT2D eigenvalue weighted by Gasteiger charge is 2.34. The second kappa shape index (κ2) is 6.49. The average Bonchev–Trinajstić information content (AvgIpc) is 2.79. The molecule has 1 rings (SSSR count). The van der Waals surface area contributed by atoms with Gasteiger partial charge < -0.3 is 4.90 Å². The van der Waals surface area contributed by atoms with E-state index in [9.17, 15) is 0 Å². The van der Waals surface area contributed by atoms with Crippen molar-refractivity contribution in [2.75, 3.05) is 13.1 Å². The molecule has 0 aromatic heterocycles. The Morgan fingerprint density at radius 2 is 1.80 bits per heavy atom. The van der Waals surface area contributed by atoms with Gasteiger partial charge in [0.15, 0.2) is 0 Å². The van der Waals surface area contributed by atoms with Gasteiger partial charge in [0.1, 0.15) is 0 Å². The zero-order chi connectivity index (χ0) is 11.1. The standard InChI is InChI=1S/C13H27NSi/c1-4-7-12-15-13(5-2,6-3)14-10-8-9-11-14/h4,7H,5-6,8-12,15H2,1-3H3/b7-4+. The molecule has 15 heavy (non-hydrogen) atoms. The highest BCUT2D eigenvalue weighted by molar-refractivity contribution is 6.40. The second-order valence-corrected chi connectivity index (χ2v) is 7.13. The summed E-state index contributed by atoms with van der Waals surface area (Å²) >= 11 is 0. The van der Waals surface area contributed by atoms with E-state index in [0.29, 0.717) is 5.16 Å². The van der Waals surface area contributed by atoms with Crippen LogP contribution in [0.1, 0.15) is 46.5 Å². The van der Waals surface area contributed by atoms with Crippen molar-refractivity contribution >= 4 is 9.52 Å². The first-order valence-corrected chi connectivity index (χ1v) is 8.36. The Balaban J connectivity index is 2.58. The molecule has 0 spiro atoms. The van der Waals surface area contributed by atoms with E-state index < -0.39 is 0 Å². The van der Waals surface area contributed by atoms with E-state index in [-0.39, 0.29) is 9.52 Å². The summed E-state index contributed by atoms with van der Waals surface area (Å²) in [5, 5.41) is 0.635. The normalized spacial score (nSPS) is 19.9. The van der Waals surface area contributed by atoms with Crippen molar-refractivity contribution in [1.82, 2.24) is 4.90 Å². The number of allylic oxidation sites excluding steroid dienone is 2. The molecule has 2 heteroatoms. The summed E-state index contributed by atoms with van der Waals surface area (Å²) in [6, 6.07) is 1.38. The Morgan fingerprint density at radius 1 is 1.20 bits per heavy atom. The van der Waals surface area contributed by atoms with Gasteiger partial charge in [-0.05, 0) is 51.7 Å². The predicted molar refractivity (Wildman–Crippen MR) is 72.3 cm³/mol. The lowest BCUT2D eigenvalue weighted by atomic mass is 10.1. The van der Waals surface area contributed by atoms with Gasteiger partial charge in [-0.25, -0.2) is 0 Å². The summed E-state index contributed by atoms with van der Waals surface area (Å²) in [4.78, 5) is 2.81. The molecule has 88 valence electrons. The lowest BCUT2D eigenvalue weighted by Crippen LogP contribution is -2.51. The van der Waals surface area contributed by atoms with Crippen molar-refractivity contribution in [1.29, 1.82) is 0 Å². The Kier molecular flexibility index (Phi) is 5.62. The van der Waals surface area contributed by atoms with Crippen LogP contribution < -0.4 is 0 Å². The van der Waals surface area contributed by atoms with Gasteiger partial charge in [-0.1, -0.05) is 26.0 Å². The fourth-order valence-electron chi connectivity index (χ4n) is 2.92. The molecule has 1 heterocycles. The van der Waals surface area contributed by atoms with E-state index in [4.69, 9.17) is 0 Å². The molecule has 0 aliphatic carbocycles. The van der Waals surface area contributed by atoms with Gasteiger partial charge in [-0.2, -0.15) is 0 Å². The number of likely N-dealkylation sites (tertiary alicyclic amines) is 1. The smallest absolute Gasteiger partial charge is 0.0484 e. The Hall–Kier alpha value is -0.0831. The van der Waals surface area contributed by atoms with E-state index in [0.717, 1.165) is 0 Å².